The fraction of sp³-hybridized carbons (Fsp3) is 1.00. The summed E-state index contributed by atoms with van der Waals surface area (Å²) in [5.41, 5.74) is 5.96. The van der Waals surface area contributed by atoms with E-state index in [0.29, 0.717) is 25.2 Å². The zero-order valence-corrected chi connectivity index (χ0v) is 13.6. The predicted molar refractivity (Wildman–Crippen MR) is 83.7 cm³/mol. The van der Waals surface area contributed by atoms with Gasteiger partial charge in [-0.3, -0.25) is 0 Å². The lowest BCUT2D eigenvalue weighted by Crippen LogP contribution is -2.46. The molecule has 1 rings (SSSR count). The van der Waals surface area contributed by atoms with Gasteiger partial charge in [0, 0.05) is 32.2 Å². The van der Waals surface area contributed by atoms with Crippen LogP contribution in [-0.2, 0) is 9.47 Å². The molecule has 0 aromatic rings. The van der Waals surface area contributed by atoms with Crippen LogP contribution in [0.5, 0.6) is 0 Å². The van der Waals surface area contributed by atoms with E-state index in [1.165, 1.54) is 25.7 Å². The van der Waals surface area contributed by atoms with Crippen molar-refractivity contribution in [3.8, 4) is 0 Å². The Morgan fingerprint density at radius 1 is 1.10 bits per heavy atom. The van der Waals surface area contributed by atoms with Crippen LogP contribution in [0.3, 0.4) is 0 Å². The molecule has 2 atom stereocenters. The van der Waals surface area contributed by atoms with Crippen molar-refractivity contribution in [2.75, 3.05) is 32.8 Å². The monoisotopic (exact) mass is 286 g/mol. The molecule has 1 saturated carbocycles. The van der Waals surface area contributed by atoms with Crippen LogP contribution in [0.1, 0.15) is 52.9 Å². The third-order valence-corrected chi connectivity index (χ3v) is 4.40. The summed E-state index contributed by atoms with van der Waals surface area (Å²) in [4.78, 5) is 2.59. The molecule has 2 N–H and O–H groups in total. The minimum atomic E-state index is -0.0565. The lowest BCUT2D eigenvalue weighted by atomic mass is 9.83. The van der Waals surface area contributed by atoms with Crippen molar-refractivity contribution >= 4 is 0 Å². The molecule has 1 aliphatic rings. The molecule has 0 radical (unpaired) electrons. The zero-order chi connectivity index (χ0) is 14.8. The Morgan fingerprint density at radius 3 is 2.30 bits per heavy atom. The molecule has 120 valence electrons. The van der Waals surface area contributed by atoms with Crippen molar-refractivity contribution < 1.29 is 9.47 Å². The third kappa shape index (κ3) is 5.68. The van der Waals surface area contributed by atoms with E-state index < -0.39 is 0 Å². The molecule has 2 unspecified atom stereocenters. The van der Waals surface area contributed by atoms with E-state index in [1.54, 1.807) is 0 Å². The van der Waals surface area contributed by atoms with Crippen molar-refractivity contribution in [2.24, 2.45) is 11.7 Å². The Hall–Kier alpha value is -0.160. The SMILES string of the molecule is CCOC(CCN(CC)C1CCCCC1CN)OCC. The Morgan fingerprint density at radius 2 is 1.75 bits per heavy atom. The van der Waals surface area contributed by atoms with E-state index in [-0.39, 0.29) is 6.29 Å². The molecule has 4 heteroatoms. The molecule has 0 heterocycles. The highest BCUT2D eigenvalue weighted by Gasteiger charge is 2.28. The van der Waals surface area contributed by atoms with Crippen molar-refractivity contribution in [3.63, 3.8) is 0 Å². The number of nitrogens with two attached hydrogens (primary N) is 1. The lowest BCUT2D eigenvalue weighted by Gasteiger charge is -2.39. The number of nitrogens with zero attached hydrogens (tertiary/aromatic N) is 1. The van der Waals surface area contributed by atoms with Gasteiger partial charge >= 0.3 is 0 Å². The highest BCUT2D eigenvalue weighted by Crippen LogP contribution is 2.28. The lowest BCUT2D eigenvalue weighted by molar-refractivity contribution is -0.143. The van der Waals surface area contributed by atoms with Gasteiger partial charge in [0.15, 0.2) is 6.29 Å². The largest absolute Gasteiger partial charge is 0.353 e. The average molecular weight is 286 g/mol. The van der Waals surface area contributed by atoms with Crippen molar-refractivity contribution in [2.45, 2.75) is 65.2 Å². The van der Waals surface area contributed by atoms with Crippen LogP contribution in [0.15, 0.2) is 0 Å². The molecule has 0 aliphatic heterocycles. The van der Waals surface area contributed by atoms with E-state index in [2.05, 4.69) is 11.8 Å². The molecule has 4 nitrogen and oxygen atoms in total. The summed E-state index contributed by atoms with van der Waals surface area (Å²) in [6, 6.07) is 0.655. The molecule has 20 heavy (non-hydrogen) atoms. The first-order chi connectivity index (χ1) is 9.76. The summed E-state index contributed by atoms with van der Waals surface area (Å²) >= 11 is 0. The van der Waals surface area contributed by atoms with Crippen LogP contribution in [0.4, 0.5) is 0 Å². The van der Waals surface area contributed by atoms with Gasteiger partial charge < -0.3 is 20.1 Å². The topological polar surface area (TPSA) is 47.7 Å². The molecule has 0 amide bonds. The standard InChI is InChI=1S/C16H34N2O2/c1-4-18(12-11-16(19-5-2)20-6-3)15-10-8-7-9-14(15)13-17/h14-16H,4-13,17H2,1-3H3. The van der Waals surface area contributed by atoms with Crippen LogP contribution in [0.2, 0.25) is 0 Å². The quantitative estimate of drug-likeness (QED) is 0.627. The minimum absolute atomic E-state index is 0.0565. The van der Waals surface area contributed by atoms with Gasteiger partial charge in [0.05, 0.1) is 0 Å². The number of hydrogen-bond donors (Lipinski definition) is 1. The summed E-state index contributed by atoms with van der Waals surface area (Å²) in [5, 5.41) is 0. The van der Waals surface area contributed by atoms with Gasteiger partial charge in [-0.15, -0.1) is 0 Å². The highest BCUT2D eigenvalue weighted by molar-refractivity contribution is 4.83. The summed E-state index contributed by atoms with van der Waals surface area (Å²) in [6.45, 7) is 10.7. The average Bonchev–Trinajstić information content (AvgIpc) is 2.48. The maximum atomic E-state index is 5.96. The Labute approximate surface area is 125 Å². The van der Waals surface area contributed by atoms with Gasteiger partial charge in [0.1, 0.15) is 0 Å². The maximum absolute atomic E-state index is 5.96. The van der Waals surface area contributed by atoms with E-state index in [4.69, 9.17) is 15.2 Å². The second kappa shape index (κ2) is 10.6. The molecular formula is C16H34N2O2. The van der Waals surface area contributed by atoms with E-state index >= 15 is 0 Å². The fourth-order valence-electron chi connectivity index (χ4n) is 3.36. The van der Waals surface area contributed by atoms with Crippen molar-refractivity contribution in [1.29, 1.82) is 0 Å². The van der Waals surface area contributed by atoms with Crippen LogP contribution < -0.4 is 5.73 Å². The van der Waals surface area contributed by atoms with E-state index in [9.17, 15) is 0 Å². The van der Waals surface area contributed by atoms with Crippen LogP contribution >= 0.6 is 0 Å². The zero-order valence-electron chi connectivity index (χ0n) is 13.6. The molecule has 0 aromatic heterocycles. The summed E-state index contributed by atoms with van der Waals surface area (Å²) in [6.07, 6.45) is 6.17. The Balaban J connectivity index is 2.47. The van der Waals surface area contributed by atoms with E-state index in [1.807, 2.05) is 13.8 Å². The fourth-order valence-corrected chi connectivity index (χ4v) is 3.36. The predicted octanol–water partition coefficient (Wildman–Crippen LogP) is 2.62. The normalized spacial score (nSPS) is 23.7. The summed E-state index contributed by atoms with van der Waals surface area (Å²) in [5.74, 6) is 0.668. The first-order valence-electron chi connectivity index (χ1n) is 8.44. The van der Waals surface area contributed by atoms with Gasteiger partial charge in [-0.1, -0.05) is 19.8 Å². The number of hydrogen-bond acceptors (Lipinski definition) is 4. The highest BCUT2D eigenvalue weighted by atomic mass is 16.7. The Kier molecular flexibility index (Phi) is 9.44. The van der Waals surface area contributed by atoms with Crippen LogP contribution in [-0.4, -0.2) is 50.1 Å². The molecule has 0 aromatic carbocycles. The molecule has 0 bridgehead atoms. The molecule has 1 aliphatic carbocycles. The summed E-state index contributed by atoms with van der Waals surface area (Å²) in [7, 11) is 0. The van der Waals surface area contributed by atoms with Gasteiger partial charge in [-0.25, -0.2) is 0 Å². The van der Waals surface area contributed by atoms with Crippen molar-refractivity contribution in [1.82, 2.24) is 4.90 Å². The molecular weight excluding hydrogens is 252 g/mol. The second-order valence-corrected chi connectivity index (χ2v) is 5.61. The second-order valence-electron chi connectivity index (χ2n) is 5.61. The molecule has 1 fully saturated rings. The third-order valence-electron chi connectivity index (χ3n) is 4.40. The van der Waals surface area contributed by atoms with Crippen LogP contribution in [0.25, 0.3) is 0 Å². The number of ether oxygens (including phenoxy) is 2. The van der Waals surface area contributed by atoms with Gasteiger partial charge in [0.25, 0.3) is 0 Å². The van der Waals surface area contributed by atoms with Crippen LogP contribution in [0, 0.1) is 5.92 Å². The molecule has 0 spiro atoms. The Bertz CT molecular complexity index is 233. The maximum Gasteiger partial charge on any atom is 0.158 e. The molecule has 0 saturated heterocycles. The summed E-state index contributed by atoms with van der Waals surface area (Å²) < 4.78 is 11.3. The number of rotatable bonds is 10. The van der Waals surface area contributed by atoms with Gasteiger partial charge in [-0.05, 0) is 45.7 Å². The van der Waals surface area contributed by atoms with Gasteiger partial charge in [-0.2, -0.15) is 0 Å². The first-order valence-corrected chi connectivity index (χ1v) is 8.44. The van der Waals surface area contributed by atoms with Gasteiger partial charge in [0.2, 0.25) is 0 Å². The smallest absolute Gasteiger partial charge is 0.158 e. The van der Waals surface area contributed by atoms with Crippen molar-refractivity contribution in [3.05, 3.63) is 0 Å². The first kappa shape index (κ1) is 17.9. The van der Waals surface area contributed by atoms with E-state index in [0.717, 1.165) is 26.1 Å². The minimum Gasteiger partial charge on any atom is -0.353 e.